The van der Waals surface area contributed by atoms with Crippen LogP contribution in [0.15, 0.2) is 79.1 Å². The number of rotatable bonds is 4. The molecular formula is C30H25FN4OS. The van der Waals surface area contributed by atoms with Gasteiger partial charge in [-0.3, -0.25) is 4.79 Å². The van der Waals surface area contributed by atoms with Crippen molar-refractivity contribution in [2.75, 3.05) is 13.1 Å². The lowest BCUT2D eigenvalue weighted by molar-refractivity contribution is 0.0768. The fourth-order valence-corrected chi connectivity index (χ4v) is 7.21. The molecule has 2 fully saturated rings. The van der Waals surface area contributed by atoms with Crippen LogP contribution in [0.2, 0.25) is 0 Å². The zero-order valence-corrected chi connectivity index (χ0v) is 21.4. The van der Waals surface area contributed by atoms with Crippen LogP contribution in [0.5, 0.6) is 0 Å². The molecule has 0 radical (unpaired) electrons. The number of nitrogens with zero attached hydrogens (tertiary/aromatic N) is 4. The SMILES string of the molecule is Cc1cnc(C(=O)N2C[C@H]3[C@H](c4ccccc4)[C@@]3(c3cc4cnn(-c5ccc(F)cc5)c4cc3C)C2)s1. The van der Waals surface area contributed by atoms with Gasteiger partial charge in [0.1, 0.15) is 5.82 Å². The third kappa shape index (κ3) is 3.37. The summed E-state index contributed by atoms with van der Waals surface area (Å²) in [6.07, 6.45) is 3.65. The minimum absolute atomic E-state index is 0.0272. The maximum Gasteiger partial charge on any atom is 0.282 e. The number of hydrogen-bond donors (Lipinski definition) is 0. The smallest absolute Gasteiger partial charge is 0.282 e. The molecule has 0 spiro atoms. The Balaban J connectivity index is 1.31. The molecule has 1 aliphatic carbocycles. The van der Waals surface area contributed by atoms with E-state index in [-0.39, 0.29) is 17.1 Å². The summed E-state index contributed by atoms with van der Waals surface area (Å²) in [5.74, 6) is 0.472. The van der Waals surface area contributed by atoms with E-state index in [0.29, 0.717) is 23.4 Å². The van der Waals surface area contributed by atoms with E-state index in [1.54, 1.807) is 18.3 Å². The lowest BCUT2D eigenvalue weighted by Gasteiger charge is -2.25. The van der Waals surface area contributed by atoms with Crippen molar-refractivity contribution in [3.8, 4) is 5.69 Å². The van der Waals surface area contributed by atoms with Gasteiger partial charge in [0.05, 0.1) is 17.4 Å². The number of amides is 1. The second-order valence-corrected chi connectivity index (χ2v) is 11.5. The Bertz CT molecular complexity index is 1660. The average Bonchev–Trinajstić information content (AvgIpc) is 3.32. The standard InChI is InChI=1S/C30H25FN4OS/c1-18-12-26-21(15-33-35(26)23-10-8-22(31)9-11-23)13-24(18)30-17-34(29(36)28-32-14-19(2)37-28)16-25(30)27(30)20-6-4-3-5-7-20/h3-15,25,27H,16-17H2,1-2H3/t25-,27-,30+/m0/s1. The zero-order chi connectivity index (χ0) is 25.3. The first-order valence-electron chi connectivity index (χ1n) is 12.5. The number of carbonyl (C=O) groups excluding carboxylic acids is 1. The Kier molecular flexibility index (Phi) is 4.88. The normalized spacial score (nSPS) is 22.4. The van der Waals surface area contributed by atoms with Crippen LogP contribution in [0.3, 0.4) is 0 Å². The molecule has 3 atom stereocenters. The predicted molar refractivity (Wildman–Crippen MR) is 143 cm³/mol. The Labute approximate surface area is 218 Å². The molecule has 7 heteroatoms. The maximum absolute atomic E-state index is 13.5. The van der Waals surface area contributed by atoms with E-state index in [9.17, 15) is 9.18 Å². The highest BCUT2D eigenvalue weighted by molar-refractivity contribution is 7.13. The molecule has 184 valence electrons. The lowest BCUT2D eigenvalue weighted by Crippen LogP contribution is -2.34. The van der Waals surface area contributed by atoms with Gasteiger partial charge in [-0.05, 0) is 72.9 Å². The van der Waals surface area contributed by atoms with E-state index in [4.69, 9.17) is 0 Å². The molecule has 7 rings (SSSR count). The summed E-state index contributed by atoms with van der Waals surface area (Å²) in [5, 5.41) is 6.23. The maximum atomic E-state index is 13.5. The molecule has 37 heavy (non-hydrogen) atoms. The van der Waals surface area contributed by atoms with Crippen LogP contribution in [-0.2, 0) is 5.41 Å². The molecule has 3 heterocycles. The Morgan fingerprint density at radius 2 is 1.84 bits per heavy atom. The number of halogens is 1. The average molecular weight is 509 g/mol. The van der Waals surface area contributed by atoms with Crippen LogP contribution >= 0.6 is 11.3 Å². The molecule has 0 bridgehead atoms. The fourth-order valence-electron chi connectivity index (χ4n) is 6.47. The van der Waals surface area contributed by atoms with Gasteiger partial charge < -0.3 is 4.90 Å². The third-order valence-electron chi connectivity index (χ3n) is 8.12. The Hall–Kier alpha value is -3.84. The van der Waals surface area contributed by atoms with Crippen LogP contribution < -0.4 is 0 Å². The van der Waals surface area contributed by atoms with Crippen LogP contribution in [0, 0.1) is 25.6 Å². The van der Waals surface area contributed by atoms with E-state index >= 15 is 0 Å². The summed E-state index contributed by atoms with van der Waals surface area (Å²) >= 11 is 1.46. The molecular weight excluding hydrogens is 483 g/mol. The summed E-state index contributed by atoms with van der Waals surface area (Å²) in [5.41, 5.74) is 5.46. The summed E-state index contributed by atoms with van der Waals surface area (Å²) in [6, 6.07) is 21.5. The summed E-state index contributed by atoms with van der Waals surface area (Å²) in [7, 11) is 0. The van der Waals surface area contributed by atoms with Crippen molar-refractivity contribution in [3.63, 3.8) is 0 Å². The molecule has 2 aromatic heterocycles. The van der Waals surface area contributed by atoms with Gasteiger partial charge in [-0.1, -0.05) is 30.3 Å². The van der Waals surface area contributed by atoms with E-state index < -0.39 is 0 Å². The minimum Gasteiger partial charge on any atom is -0.335 e. The molecule has 1 aliphatic heterocycles. The number of carbonyl (C=O) groups is 1. The van der Waals surface area contributed by atoms with Crippen LogP contribution in [-0.4, -0.2) is 38.7 Å². The van der Waals surface area contributed by atoms with Crippen molar-refractivity contribution in [2.24, 2.45) is 5.92 Å². The fraction of sp³-hybridized carbons (Fsp3) is 0.233. The third-order valence-corrected chi connectivity index (χ3v) is 9.02. The predicted octanol–water partition coefficient (Wildman–Crippen LogP) is 6.05. The highest BCUT2D eigenvalue weighted by Crippen LogP contribution is 2.70. The molecule has 0 N–H and O–H groups in total. The Morgan fingerprint density at radius 3 is 2.57 bits per heavy atom. The van der Waals surface area contributed by atoms with E-state index in [1.807, 2.05) is 22.7 Å². The van der Waals surface area contributed by atoms with Gasteiger partial charge in [0, 0.05) is 40.9 Å². The van der Waals surface area contributed by atoms with Crippen molar-refractivity contribution in [1.82, 2.24) is 19.7 Å². The van der Waals surface area contributed by atoms with Crippen LogP contribution in [0.1, 0.15) is 37.3 Å². The van der Waals surface area contributed by atoms with Gasteiger partial charge in [-0.15, -0.1) is 11.3 Å². The van der Waals surface area contributed by atoms with Gasteiger partial charge >= 0.3 is 0 Å². The summed E-state index contributed by atoms with van der Waals surface area (Å²) in [4.78, 5) is 20.8. The van der Waals surface area contributed by atoms with Gasteiger partial charge in [0.25, 0.3) is 5.91 Å². The lowest BCUT2D eigenvalue weighted by atomic mass is 9.86. The van der Waals surface area contributed by atoms with Crippen LogP contribution in [0.4, 0.5) is 4.39 Å². The highest BCUT2D eigenvalue weighted by Gasteiger charge is 2.71. The van der Waals surface area contributed by atoms with Crippen molar-refractivity contribution >= 4 is 28.1 Å². The number of likely N-dealkylation sites (tertiary alicyclic amines) is 1. The number of hydrogen-bond acceptors (Lipinski definition) is 4. The van der Waals surface area contributed by atoms with Gasteiger partial charge in [-0.2, -0.15) is 5.10 Å². The second-order valence-electron chi connectivity index (χ2n) is 10.3. The summed E-state index contributed by atoms with van der Waals surface area (Å²) < 4.78 is 15.4. The first-order chi connectivity index (χ1) is 18.0. The molecule has 1 amide bonds. The van der Waals surface area contributed by atoms with Crippen molar-refractivity contribution in [1.29, 1.82) is 0 Å². The molecule has 3 aromatic carbocycles. The number of fused-ring (bicyclic) bond motifs is 2. The quantitative estimate of drug-likeness (QED) is 0.297. The molecule has 1 saturated heterocycles. The van der Waals surface area contributed by atoms with Gasteiger partial charge in [-0.25, -0.2) is 14.1 Å². The molecule has 5 nitrogen and oxygen atoms in total. The Morgan fingerprint density at radius 1 is 1.05 bits per heavy atom. The minimum atomic E-state index is -0.266. The largest absolute Gasteiger partial charge is 0.335 e. The topological polar surface area (TPSA) is 51.0 Å². The van der Waals surface area contributed by atoms with E-state index in [1.165, 1.54) is 40.2 Å². The number of aromatic nitrogens is 3. The van der Waals surface area contributed by atoms with Gasteiger partial charge in [0.15, 0.2) is 5.01 Å². The van der Waals surface area contributed by atoms with E-state index in [2.05, 4.69) is 59.5 Å². The summed E-state index contributed by atoms with van der Waals surface area (Å²) in [6.45, 7) is 5.53. The first-order valence-corrected chi connectivity index (χ1v) is 13.3. The zero-order valence-electron chi connectivity index (χ0n) is 20.6. The number of piperidine rings is 1. The van der Waals surface area contributed by atoms with Crippen molar-refractivity contribution < 1.29 is 9.18 Å². The van der Waals surface area contributed by atoms with Crippen molar-refractivity contribution in [2.45, 2.75) is 25.2 Å². The van der Waals surface area contributed by atoms with E-state index in [0.717, 1.165) is 28.0 Å². The van der Waals surface area contributed by atoms with Crippen molar-refractivity contribution in [3.05, 3.63) is 112 Å². The number of aryl methyl sites for hydroxylation is 2. The molecule has 0 unspecified atom stereocenters. The first kappa shape index (κ1) is 22.4. The number of benzene rings is 3. The molecule has 1 saturated carbocycles. The molecule has 2 aliphatic rings. The van der Waals surface area contributed by atoms with Crippen LogP contribution in [0.25, 0.3) is 16.6 Å². The monoisotopic (exact) mass is 508 g/mol. The second kappa shape index (κ2) is 8.08. The highest BCUT2D eigenvalue weighted by atomic mass is 32.1. The number of thiazole rings is 1. The van der Waals surface area contributed by atoms with Gasteiger partial charge in [0.2, 0.25) is 0 Å². The molecule has 5 aromatic rings.